The van der Waals surface area contributed by atoms with Gasteiger partial charge >= 0.3 is 0 Å². The lowest BCUT2D eigenvalue weighted by Crippen LogP contribution is -1.81. The normalized spacial score (nSPS) is 9.81. The van der Waals surface area contributed by atoms with Gasteiger partial charge in [0.1, 0.15) is 0 Å². The monoisotopic (exact) mass is 223 g/mol. The molecule has 0 aliphatic carbocycles. The van der Waals surface area contributed by atoms with Gasteiger partial charge < -0.3 is 0 Å². The number of rotatable bonds is 11. The first-order valence-corrected chi connectivity index (χ1v) is 7.01. The maximum absolute atomic E-state index is 9.85. The van der Waals surface area contributed by atoms with Crippen LogP contribution in [0.15, 0.2) is 0 Å². The summed E-state index contributed by atoms with van der Waals surface area (Å²) in [5.41, 5.74) is 0. The molecule has 0 spiro atoms. The summed E-state index contributed by atoms with van der Waals surface area (Å²) in [7, 11) is 0. The lowest BCUT2D eigenvalue weighted by atomic mass is 10.1. The van der Waals surface area contributed by atoms with E-state index in [9.17, 15) is 5.11 Å². The minimum absolute atomic E-state index is 0.792. The zero-order chi connectivity index (χ0) is 11.9. The summed E-state index contributed by atoms with van der Waals surface area (Å²) in [4.78, 5) is 0. The van der Waals surface area contributed by atoms with Gasteiger partial charge in [0.2, 0.25) is 0 Å². The van der Waals surface area contributed by atoms with Gasteiger partial charge in [0, 0.05) is 6.42 Å². The first-order valence-electron chi connectivity index (χ1n) is 7.01. The predicted molar refractivity (Wildman–Crippen MR) is 69.5 cm³/mol. The van der Waals surface area contributed by atoms with Gasteiger partial charge in [-0.2, -0.15) is 0 Å². The van der Waals surface area contributed by atoms with Crippen molar-refractivity contribution >= 4 is 0 Å². The quantitative estimate of drug-likeness (QED) is 0.344. The van der Waals surface area contributed by atoms with Crippen molar-refractivity contribution in [3.05, 3.63) is 0 Å². The molecular weight excluding hydrogens is 196 g/mol. The second kappa shape index (κ2) is 14.4. The Hall–Kier alpha value is -0.640. The van der Waals surface area contributed by atoms with Gasteiger partial charge in [0.05, 0.1) is 0 Å². The molecule has 0 heterocycles. The molecule has 0 aliphatic rings. The van der Waals surface area contributed by atoms with Crippen molar-refractivity contribution in [2.45, 2.75) is 84.0 Å². The van der Waals surface area contributed by atoms with Gasteiger partial charge in [-0.05, 0) is 6.42 Å². The topological polar surface area (TPSA) is 19.9 Å². The molecule has 0 atom stereocenters. The maximum atomic E-state index is 9.85. The molecule has 1 nitrogen and oxygen atoms in total. The van der Waals surface area contributed by atoms with Crippen molar-refractivity contribution in [1.82, 2.24) is 0 Å². The molecule has 0 saturated heterocycles. The highest BCUT2D eigenvalue weighted by Crippen LogP contribution is 2.11. The Kier molecular flexibility index (Phi) is 13.8. The van der Waals surface area contributed by atoms with Gasteiger partial charge in [0.15, 0.2) is 6.11 Å². The van der Waals surface area contributed by atoms with Gasteiger partial charge in [-0.25, -0.2) is 5.11 Å². The number of hydrogen-bond acceptors (Lipinski definition) is 0. The van der Waals surface area contributed by atoms with Crippen LogP contribution in [0.1, 0.15) is 84.0 Å². The first kappa shape index (κ1) is 15.4. The smallest absolute Gasteiger partial charge is 0.172 e. The standard InChI is InChI=1S/C15H27O/c1-2-3-4-5-6-7-8-9-10-11-12-13-14-15-16/h2-13H2,1H3. The van der Waals surface area contributed by atoms with Crippen LogP contribution in [-0.4, -0.2) is 0 Å². The van der Waals surface area contributed by atoms with Crippen LogP contribution in [0.2, 0.25) is 0 Å². The van der Waals surface area contributed by atoms with Crippen molar-refractivity contribution in [1.29, 1.82) is 0 Å². The highest BCUT2D eigenvalue weighted by Gasteiger charge is 1.92. The van der Waals surface area contributed by atoms with Crippen LogP contribution in [0, 0.1) is 12.0 Å². The van der Waals surface area contributed by atoms with E-state index in [0.717, 1.165) is 12.8 Å². The highest BCUT2D eigenvalue weighted by molar-refractivity contribution is 4.88. The Morgan fingerprint density at radius 2 is 1.12 bits per heavy atom. The molecule has 0 aliphatic heterocycles. The molecule has 0 aromatic heterocycles. The lowest BCUT2D eigenvalue weighted by molar-refractivity contribution is 0.391. The summed E-state index contributed by atoms with van der Waals surface area (Å²) in [6, 6.07) is 0. The Balaban J connectivity index is 2.89. The highest BCUT2D eigenvalue weighted by atomic mass is 16.2. The van der Waals surface area contributed by atoms with Gasteiger partial charge in [-0.3, -0.25) is 0 Å². The average molecular weight is 223 g/mol. The zero-order valence-electron chi connectivity index (χ0n) is 10.9. The first-order chi connectivity index (χ1) is 7.91. The molecule has 0 saturated carbocycles. The summed E-state index contributed by atoms with van der Waals surface area (Å²) in [6.07, 6.45) is 17.3. The van der Waals surface area contributed by atoms with E-state index < -0.39 is 0 Å². The Labute approximate surface area is 102 Å². The van der Waals surface area contributed by atoms with Crippen molar-refractivity contribution in [2.24, 2.45) is 0 Å². The van der Waals surface area contributed by atoms with E-state index in [2.05, 4.69) is 12.8 Å². The molecule has 0 fully saturated rings. The third kappa shape index (κ3) is 13.4. The summed E-state index contributed by atoms with van der Waals surface area (Å²) < 4.78 is 0. The van der Waals surface area contributed by atoms with E-state index in [1.807, 2.05) is 0 Å². The second-order valence-electron chi connectivity index (χ2n) is 4.56. The zero-order valence-corrected chi connectivity index (χ0v) is 10.9. The molecule has 1 radical (unpaired) electrons. The SMILES string of the molecule is CCCCCCCCCCCCCC#C[O]. The van der Waals surface area contributed by atoms with E-state index in [1.165, 1.54) is 64.2 Å². The predicted octanol–water partition coefficient (Wildman–Crippen LogP) is 5.08. The van der Waals surface area contributed by atoms with E-state index in [1.54, 1.807) is 6.11 Å². The van der Waals surface area contributed by atoms with Crippen LogP contribution < -0.4 is 0 Å². The van der Waals surface area contributed by atoms with Crippen molar-refractivity contribution < 1.29 is 5.11 Å². The fourth-order valence-electron chi connectivity index (χ4n) is 1.93. The summed E-state index contributed by atoms with van der Waals surface area (Å²) in [5.74, 6) is 2.57. The minimum Gasteiger partial charge on any atom is -0.224 e. The molecule has 1 heteroatoms. The maximum Gasteiger partial charge on any atom is 0.172 e. The van der Waals surface area contributed by atoms with Crippen LogP contribution in [-0.2, 0) is 5.11 Å². The van der Waals surface area contributed by atoms with E-state index in [-0.39, 0.29) is 0 Å². The Morgan fingerprint density at radius 3 is 1.56 bits per heavy atom. The van der Waals surface area contributed by atoms with Crippen molar-refractivity contribution in [3.63, 3.8) is 0 Å². The van der Waals surface area contributed by atoms with Gasteiger partial charge in [-0.1, -0.05) is 77.1 Å². The van der Waals surface area contributed by atoms with Gasteiger partial charge in [-0.15, -0.1) is 0 Å². The fraction of sp³-hybridized carbons (Fsp3) is 0.867. The molecule has 0 bridgehead atoms. The van der Waals surface area contributed by atoms with Gasteiger partial charge in [0.25, 0.3) is 0 Å². The van der Waals surface area contributed by atoms with E-state index in [0.29, 0.717) is 0 Å². The van der Waals surface area contributed by atoms with E-state index >= 15 is 0 Å². The molecule has 0 rings (SSSR count). The van der Waals surface area contributed by atoms with Crippen LogP contribution in [0.4, 0.5) is 0 Å². The Bertz CT molecular complexity index is 176. The van der Waals surface area contributed by atoms with Crippen LogP contribution >= 0.6 is 0 Å². The summed E-state index contributed by atoms with van der Waals surface area (Å²) in [6.45, 7) is 2.26. The summed E-state index contributed by atoms with van der Waals surface area (Å²) >= 11 is 0. The fourth-order valence-corrected chi connectivity index (χ4v) is 1.93. The molecule has 16 heavy (non-hydrogen) atoms. The molecule has 0 aromatic rings. The molecule has 93 valence electrons. The van der Waals surface area contributed by atoms with Crippen molar-refractivity contribution in [3.8, 4) is 12.0 Å². The van der Waals surface area contributed by atoms with Crippen molar-refractivity contribution in [2.75, 3.05) is 0 Å². The molecule has 0 aromatic carbocycles. The largest absolute Gasteiger partial charge is 0.224 e. The third-order valence-electron chi connectivity index (χ3n) is 2.98. The number of unbranched alkanes of at least 4 members (excludes halogenated alkanes) is 11. The van der Waals surface area contributed by atoms with E-state index in [4.69, 9.17) is 0 Å². The summed E-state index contributed by atoms with van der Waals surface area (Å²) in [5, 5.41) is 9.85. The lowest BCUT2D eigenvalue weighted by Gasteiger charge is -2.01. The molecular formula is C15H27O. The van der Waals surface area contributed by atoms with Crippen LogP contribution in [0.5, 0.6) is 0 Å². The molecule has 0 N–H and O–H groups in total. The molecule has 0 amide bonds. The van der Waals surface area contributed by atoms with Crippen LogP contribution in [0.3, 0.4) is 0 Å². The minimum atomic E-state index is 0.792. The Morgan fingerprint density at radius 1 is 0.688 bits per heavy atom. The molecule has 0 unspecified atom stereocenters. The third-order valence-corrected chi connectivity index (χ3v) is 2.98. The van der Waals surface area contributed by atoms with Crippen LogP contribution in [0.25, 0.3) is 0 Å². The number of hydrogen-bond donors (Lipinski definition) is 0. The average Bonchev–Trinajstić information content (AvgIpc) is 2.31. The second-order valence-corrected chi connectivity index (χ2v) is 4.56.